The molecule has 6 nitrogen and oxygen atoms in total. The highest BCUT2D eigenvalue weighted by Gasteiger charge is 2.10. The van der Waals surface area contributed by atoms with E-state index in [1.807, 2.05) is 41.9 Å². The van der Waals surface area contributed by atoms with Crippen molar-refractivity contribution < 1.29 is 9.53 Å². The van der Waals surface area contributed by atoms with E-state index < -0.39 is 0 Å². The number of hydrogen-bond donors (Lipinski definition) is 2. The summed E-state index contributed by atoms with van der Waals surface area (Å²) in [5.74, 6) is 0.387. The van der Waals surface area contributed by atoms with Crippen LogP contribution in [0.4, 0.5) is 5.13 Å². The molecule has 3 aromatic rings. The topological polar surface area (TPSA) is 76.1 Å². The molecule has 4 rings (SSSR count). The van der Waals surface area contributed by atoms with Crippen molar-refractivity contribution in [3.63, 3.8) is 0 Å². The second kappa shape index (κ2) is 7.37. The van der Waals surface area contributed by atoms with Gasteiger partial charge < -0.3 is 10.1 Å². The third-order valence-corrected chi connectivity index (χ3v) is 4.57. The van der Waals surface area contributed by atoms with Crippen LogP contribution in [0.5, 0.6) is 5.75 Å². The van der Waals surface area contributed by atoms with E-state index in [1.165, 1.54) is 11.3 Å². The summed E-state index contributed by atoms with van der Waals surface area (Å²) < 4.78 is 5.58. The molecular weight excluding hydrogens is 348 g/mol. The zero-order chi connectivity index (χ0) is 17.8. The summed E-state index contributed by atoms with van der Waals surface area (Å²) in [5.41, 5.74) is 2.79. The average molecular weight is 364 g/mol. The molecule has 1 aliphatic heterocycles. The molecule has 0 spiro atoms. The predicted molar refractivity (Wildman–Crippen MR) is 103 cm³/mol. The van der Waals surface area contributed by atoms with Crippen molar-refractivity contribution in [1.29, 1.82) is 0 Å². The number of dihydropyridines is 1. The minimum Gasteiger partial charge on any atom is -0.484 e. The third-order valence-electron chi connectivity index (χ3n) is 3.81. The number of allylic oxidation sites excluding steroid dienone is 2. The Kier molecular flexibility index (Phi) is 4.61. The summed E-state index contributed by atoms with van der Waals surface area (Å²) in [5, 5.41) is 9.32. The molecule has 2 aromatic heterocycles. The Bertz CT molecular complexity index is 1010. The summed E-state index contributed by atoms with van der Waals surface area (Å²) >= 11 is 1.39. The van der Waals surface area contributed by atoms with Gasteiger partial charge in [-0.15, -0.1) is 11.3 Å². The maximum Gasteiger partial charge on any atom is 0.264 e. The third kappa shape index (κ3) is 3.73. The van der Waals surface area contributed by atoms with E-state index in [-0.39, 0.29) is 12.5 Å². The lowest BCUT2D eigenvalue weighted by atomic mass is 10.1. The molecule has 0 saturated heterocycles. The molecule has 1 aliphatic rings. The summed E-state index contributed by atoms with van der Waals surface area (Å²) in [6.07, 6.45) is 7.65. The summed E-state index contributed by atoms with van der Waals surface area (Å²) in [7, 11) is 0. The van der Waals surface area contributed by atoms with Crippen molar-refractivity contribution in [1.82, 2.24) is 15.3 Å². The van der Waals surface area contributed by atoms with Crippen LogP contribution in [0.25, 0.3) is 16.5 Å². The molecule has 7 heteroatoms. The van der Waals surface area contributed by atoms with Gasteiger partial charge in [-0.05, 0) is 36.5 Å². The number of anilines is 1. The Hall–Kier alpha value is -3.19. The largest absolute Gasteiger partial charge is 0.484 e. The van der Waals surface area contributed by atoms with Crippen LogP contribution < -0.4 is 15.4 Å². The number of carbonyl (C=O) groups is 1. The second-order valence-electron chi connectivity index (χ2n) is 5.63. The number of pyridine rings is 1. The van der Waals surface area contributed by atoms with Gasteiger partial charge in [-0.25, -0.2) is 4.98 Å². The molecule has 1 aromatic carbocycles. The predicted octanol–water partition coefficient (Wildman–Crippen LogP) is 3.21. The van der Waals surface area contributed by atoms with Crippen LogP contribution in [0, 0.1) is 0 Å². The van der Waals surface area contributed by atoms with Crippen LogP contribution in [-0.4, -0.2) is 29.0 Å². The highest BCUT2D eigenvalue weighted by molar-refractivity contribution is 7.14. The van der Waals surface area contributed by atoms with Gasteiger partial charge in [0.15, 0.2) is 11.7 Å². The van der Waals surface area contributed by atoms with Crippen molar-refractivity contribution in [3.8, 4) is 5.75 Å². The molecule has 26 heavy (non-hydrogen) atoms. The quantitative estimate of drug-likeness (QED) is 0.727. The van der Waals surface area contributed by atoms with Crippen LogP contribution in [0.15, 0.2) is 60.3 Å². The van der Waals surface area contributed by atoms with E-state index in [1.54, 1.807) is 12.3 Å². The molecule has 2 N–H and O–H groups in total. The minimum atomic E-state index is -0.244. The van der Waals surface area contributed by atoms with E-state index in [9.17, 15) is 4.79 Å². The number of ether oxygens (including phenoxy) is 1. The van der Waals surface area contributed by atoms with Crippen molar-refractivity contribution in [2.75, 3.05) is 18.5 Å². The molecule has 0 aliphatic carbocycles. The van der Waals surface area contributed by atoms with Crippen LogP contribution >= 0.6 is 11.3 Å². The lowest BCUT2D eigenvalue weighted by Crippen LogP contribution is -2.20. The first kappa shape index (κ1) is 16.3. The van der Waals surface area contributed by atoms with Crippen molar-refractivity contribution in [3.05, 3.63) is 66.0 Å². The number of amides is 1. The second-order valence-corrected chi connectivity index (χ2v) is 6.49. The maximum atomic E-state index is 12.1. The van der Waals surface area contributed by atoms with E-state index >= 15 is 0 Å². The Labute approximate surface area is 154 Å². The number of nitrogens with one attached hydrogen (secondary N) is 2. The first-order chi connectivity index (χ1) is 12.8. The molecule has 0 unspecified atom stereocenters. The van der Waals surface area contributed by atoms with Gasteiger partial charge in [-0.2, -0.15) is 0 Å². The fourth-order valence-corrected chi connectivity index (χ4v) is 3.29. The average Bonchev–Trinajstić information content (AvgIpc) is 3.15. The van der Waals surface area contributed by atoms with E-state index in [4.69, 9.17) is 4.74 Å². The zero-order valence-corrected chi connectivity index (χ0v) is 14.6. The van der Waals surface area contributed by atoms with Gasteiger partial charge in [0.05, 0.1) is 11.2 Å². The van der Waals surface area contributed by atoms with E-state index in [0.717, 1.165) is 28.7 Å². The van der Waals surface area contributed by atoms with Gasteiger partial charge >= 0.3 is 0 Å². The molecule has 0 atom stereocenters. The normalized spacial score (nSPS) is 13.2. The number of fused-ring (bicyclic) bond motifs is 1. The number of hydrogen-bond acceptors (Lipinski definition) is 6. The number of thiazole rings is 1. The molecule has 0 bridgehead atoms. The summed E-state index contributed by atoms with van der Waals surface area (Å²) in [6.45, 7) is 0.702. The van der Waals surface area contributed by atoms with E-state index in [2.05, 4.69) is 26.7 Å². The van der Waals surface area contributed by atoms with Crippen molar-refractivity contribution in [2.45, 2.75) is 0 Å². The van der Waals surface area contributed by atoms with Crippen molar-refractivity contribution in [2.24, 2.45) is 0 Å². The fourth-order valence-electron chi connectivity index (χ4n) is 2.56. The lowest BCUT2D eigenvalue weighted by Gasteiger charge is -2.07. The number of carbonyl (C=O) groups excluding carboxylic acids is 1. The Morgan fingerprint density at radius 3 is 3.19 bits per heavy atom. The molecule has 130 valence electrons. The number of aromatic nitrogens is 2. The molecule has 0 saturated carbocycles. The standard InChI is InChI=1S/C19H16N4O2S/c24-18(11-25-15-3-4-16-14(10-15)2-1-7-21-16)23-19-22-17(12-26-19)13-5-8-20-9-6-13/h1-8,10,12,20H,9,11H2,(H,22,23,24). The number of rotatable bonds is 5. The van der Waals surface area contributed by atoms with Gasteiger partial charge in [0.25, 0.3) is 5.91 Å². The van der Waals surface area contributed by atoms with E-state index in [0.29, 0.717) is 10.9 Å². The fraction of sp³-hybridized carbons (Fsp3) is 0.105. The van der Waals surface area contributed by atoms with Crippen LogP contribution in [-0.2, 0) is 4.79 Å². The van der Waals surface area contributed by atoms with Gasteiger partial charge in [0.1, 0.15) is 5.75 Å². The molecular formula is C19H16N4O2S. The van der Waals surface area contributed by atoms with Crippen LogP contribution in [0.2, 0.25) is 0 Å². The summed E-state index contributed by atoms with van der Waals surface area (Å²) in [6, 6.07) is 9.37. The zero-order valence-electron chi connectivity index (χ0n) is 13.8. The molecule has 0 fully saturated rings. The Morgan fingerprint density at radius 1 is 1.35 bits per heavy atom. The molecule has 1 amide bonds. The first-order valence-electron chi connectivity index (χ1n) is 8.11. The number of benzene rings is 1. The SMILES string of the molecule is O=C(COc1ccc2ncccc2c1)Nc1nc(C2=CCNC=C2)cs1. The van der Waals surface area contributed by atoms with Crippen LogP contribution in [0.3, 0.4) is 0 Å². The molecule has 3 heterocycles. The maximum absolute atomic E-state index is 12.1. The first-order valence-corrected chi connectivity index (χ1v) is 8.99. The molecule has 0 radical (unpaired) electrons. The smallest absolute Gasteiger partial charge is 0.264 e. The highest BCUT2D eigenvalue weighted by atomic mass is 32.1. The summed E-state index contributed by atoms with van der Waals surface area (Å²) in [4.78, 5) is 20.8. The van der Waals surface area contributed by atoms with Gasteiger partial charge in [0, 0.05) is 29.1 Å². The Balaban J connectivity index is 1.35. The van der Waals surface area contributed by atoms with Gasteiger partial charge in [0.2, 0.25) is 0 Å². The lowest BCUT2D eigenvalue weighted by molar-refractivity contribution is -0.118. The van der Waals surface area contributed by atoms with Gasteiger partial charge in [-0.1, -0.05) is 12.1 Å². The number of nitrogens with zero attached hydrogens (tertiary/aromatic N) is 2. The minimum absolute atomic E-state index is 0.0762. The van der Waals surface area contributed by atoms with Crippen molar-refractivity contribution >= 4 is 38.9 Å². The highest BCUT2D eigenvalue weighted by Crippen LogP contribution is 2.23. The Morgan fingerprint density at radius 2 is 2.31 bits per heavy atom. The van der Waals surface area contributed by atoms with Crippen LogP contribution in [0.1, 0.15) is 5.69 Å². The van der Waals surface area contributed by atoms with Gasteiger partial charge in [-0.3, -0.25) is 15.1 Å². The monoisotopic (exact) mass is 364 g/mol.